The van der Waals surface area contributed by atoms with Crippen LogP contribution in [0.25, 0.3) is 33.3 Å². The molecule has 0 aliphatic rings. The highest BCUT2D eigenvalue weighted by Crippen LogP contribution is 2.37. The number of nitrogens with zero attached hydrogens (tertiary/aromatic N) is 3. The molecule has 0 saturated carbocycles. The van der Waals surface area contributed by atoms with E-state index in [4.69, 9.17) is 23.9 Å². The van der Waals surface area contributed by atoms with Crippen molar-refractivity contribution in [3.63, 3.8) is 0 Å². The molecule has 5 aromatic rings. The van der Waals surface area contributed by atoms with Crippen molar-refractivity contribution in [2.24, 2.45) is 0 Å². The molecule has 0 saturated heterocycles. The van der Waals surface area contributed by atoms with Gasteiger partial charge in [0.1, 0.15) is 16.9 Å². The first kappa shape index (κ1) is 24.1. The average molecular weight is 501 g/mol. The Morgan fingerprint density at radius 1 is 1.16 bits per heavy atom. The van der Waals surface area contributed by atoms with Crippen molar-refractivity contribution >= 4 is 39.7 Å². The van der Waals surface area contributed by atoms with Gasteiger partial charge >= 0.3 is 0 Å². The van der Waals surface area contributed by atoms with E-state index in [1.165, 1.54) is 0 Å². The van der Waals surface area contributed by atoms with Gasteiger partial charge in [-0.05, 0) is 49.2 Å². The van der Waals surface area contributed by atoms with Crippen LogP contribution >= 0.6 is 0 Å². The molecule has 190 valence electrons. The van der Waals surface area contributed by atoms with Gasteiger partial charge in [-0.2, -0.15) is 9.97 Å². The fourth-order valence-electron chi connectivity index (χ4n) is 4.05. The first-order valence-corrected chi connectivity index (χ1v) is 12.0. The fourth-order valence-corrected chi connectivity index (χ4v) is 4.05. The van der Waals surface area contributed by atoms with E-state index in [0.29, 0.717) is 45.9 Å². The van der Waals surface area contributed by atoms with Gasteiger partial charge in [0.15, 0.2) is 11.5 Å². The van der Waals surface area contributed by atoms with E-state index < -0.39 is 0 Å². The second-order valence-corrected chi connectivity index (χ2v) is 8.65. The van der Waals surface area contributed by atoms with E-state index in [0.717, 1.165) is 28.5 Å². The van der Waals surface area contributed by atoms with E-state index >= 15 is 0 Å². The maximum Gasteiger partial charge on any atom is 0.251 e. The predicted molar refractivity (Wildman–Crippen MR) is 142 cm³/mol. The molecule has 37 heavy (non-hydrogen) atoms. The Morgan fingerprint density at radius 2 is 2.00 bits per heavy atom. The van der Waals surface area contributed by atoms with Crippen LogP contribution in [0.15, 0.2) is 47.0 Å². The number of methoxy groups -OCH3 is 1. The number of oxazole rings is 1. The third-order valence-electron chi connectivity index (χ3n) is 6.13. The number of anilines is 2. The molecule has 1 unspecified atom stereocenters. The Morgan fingerprint density at radius 3 is 2.76 bits per heavy atom. The number of nitrogens with one attached hydrogen (secondary N) is 3. The molecule has 1 atom stereocenters. The van der Waals surface area contributed by atoms with Gasteiger partial charge in [0.25, 0.3) is 5.91 Å². The Kier molecular flexibility index (Phi) is 6.39. The Hall–Kier alpha value is -4.60. The lowest BCUT2D eigenvalue weighted by atomic mass is 10.1. The van der Waals surface area contributed by atoms with Gasteiger partial charge < -0.3 is 29.5 Å². The van der Waals surface area contributed by atoms with Gasteiger partial charge in [-0.15, -0.1) is 0 Å². The Balaban J connectivity index is 1.58. The number of fused-ring (bicyclic) bond motifs is 2. The summed E-state index contributed by atoms with van der Waals surface area (Å²) in [5, 5.41) is 6.58. The van der Waals surface area contributed by atoms with Crippen LogP contribution in [0.5, 0.6) is 11.6 Å². The Bertz CT molecular complexity index is 1610. The maximum atomic E-state index is 12.0. The summed E-state index contributed by atoms with van der Waals surface area (Å²) in [4.78, 5) is 29.1. The third-order valence-corrected chi connectivity index (χ3v) is 6.13. The van der Waals surface area contributed by atoms with Crippen LogP contribution in [0.1, 0.15) is 36.5 Å². The molecule has 3 heterocycles. The normalized spacial score (nSPS) is 12.0. The SMILES string of the molecule is CCC(C)Oc1nc(Nc2ccc(C(=O)NC)cc2OC)nc2[nH]cc(-c3ccc4nc(C)oc4c3)c12. The number of carbonyl (C=O) groups is 1. The van der Waals surface area contributed by atoms with Crippen LogP contribution < -0.4 is 20.1 Å². The molecule has 3 N–H and O–H groups in total. The van der Waals surface area contributed by atoms with Gasteiger partial charge in [0, 0.05) is 31.3 Å². The van der Waals surface area contributed by atoms with Gasteiger partial charge in [-0.25, -0.2) is 4.98 Å². The van der Waals surface area contributed by atoms with Gasteiger partial charge in [0.05, 0.1) is 24.3 Å². The average Bonchev–Trinajstić information content (AvgIpc) is 3.50. The summed E-state index contributed by atoms with van der Waals surface area (Å²) in [5.41, 5.74) is 5.04. The van der Waals surface area contributed by atoms with E-state index in [9.17, 15) is 4.79 Å². The number of aromatic amines is 1. The molecule has 1 amide bonds. The van der Waals surface area contributed by atoms with Gasteiger partial charge in [-0.1, -0.05) is 13.0 Å². The minimum atomic E-state index is -0.204. The van der Waals surface area contributed by atoms with Crippen molar-refractivity contribution in [2.75, 3.05) is 19.5 Å². The standard InChI is InChI=1S/C27H28N6O4/c1-6-14(2)36-26-23-18(16-7-9-20-22(11-16)37-15(3)30-20)13-29-24(23)32-27(33-26)31-19-10-8-17(25(34)28-4)12-21(19)35-5/h7-14H,6H2,1-5H3,(H,28,34)(H2,29,31,32,33). The molecule has 10 nitrogen and oxygen atoms in total. The minimum absolute atomic E-state index is 0.0607. The number of aryl methyl sites for hydroxylation is 1. The van der Waals surface area contributed by atoms with E-state index in [2.05, 4.69) is 27.5 Å². The molecular weight excluding hydrogens is 472 g/mol. The lowest BCUT2D eigenvalue weighted by Gasteiger charge is -2.16. The van der Waals surface area contributed by atoms with E-state index in [-0.39, 0.29) is 12.0 Å². The summed E-state index contributed by atoms with van der Waals surface area (Å²) in [5.74, 6) is 1.67. The largest absolute Gasteiger partial charge is 0.495 e. The molecule has 10 heteroatoms. The van der Waals surface area contributed by atoms with Crippen molar-refractivity contribution in [1.29, 1.82) is 0 Å². The van der Waals surface area contributed by atoms with Crippen LogP contribution in [-0.2, 0) is 0 Å². The molecule has 3 aromatic heterocycles. The van der Waals surface area contributed by atoms with Gasteiger partial charge in [0.2, 0.25) is 11.8 Å². The van der Waals surface area contributed by atoms with E-state index in [1.54, 1.807) is 32.4 Å². The molecule has 0 spiro atoms. The number of amides is 1. The van der Waals surface area contributed by atoms with E-state index in [1.807, 2.05) is 38.2 Å². The smallest absolute Gasteiger partial charge is 0.251 e. The zero-order valence-corrected chi connectivity index (χ0v) is 21.3. The lowest BCUT2D eigenvalue weighted by molar-refractivity contribution is 0.0962. The zero-order valence-electron chi connectivity index (χ0n) is 21.3. The molecule has 5 rings (SSSR count). The molecule has 0 radical (unpaired) electrons. The number of hydrogen-bond acceptors (Lipinski definition) is 8. The summed E-state index contributed by atoms with van der Waals surface area (Å²) < 4.78 is 17.5. The molecule has 0 aliphatic carbocycles. The number of aromatic nitrogens is 4. The van der Waals surface area contributed by atoms with Crippen molar-refractivity contribution in [3.05, 3.63) is 54.0 Å². The monoisotopic (exact) mass is 500 g/mol. The second-order valence-electron chi connectivity index (χ2n) is 8.65. The first-order valence-electron chi connectivity index (χ1n) is 12.0. The van der Waals surface area contributed by atoms with Crippen molar-refractivity contribution in [2.45, 2.75) is 33.3 Å². The van der Waals surface area contributed by atoms with Crippen LogP contribution in [0.4, 0.5) is 11.6 Å². The number of carbonyl (C=O) groups excluding carboxylic acids is 1. The summed E-state index contributed by atoms with van der Waals surface area (Å²) >= 11 is 0. The highest BCUT2D eigenvalue weighted by Gasteiger charge is 2.20. The van der Waals surface area contributed by atoms with Crippen molar-refractivity contribution in [3.8, 4) is 22.8 Å². The summed E-state index contributed by atoms with van der Waals surface area (Å²) in [6.45, 7) is 5.88. The van der Waals surface area contributed by atoms with Crippen LogP contribution in [0, 0.1) is 6.92 Å². The zero-order chi connectivity index (χ0) is 26.1. The molecular formula is C27H28N6O4. The fraction of sp³-hybridized carbons (Fsp3) is 0.259. The second kappa shape index (κ2) is 9.81. The molecule has 2 aromatic carbocycles. The van der Waals surface area contributed by atoms with Crippen LogP contribution in [-0.4, -0.2) is 46.1 Å². The number of rotatable bonds is 8. The minimum Gasteiger partial charge on any atom is -0.495 e. The van der Waals surface area contributed by atoms with Crippen LogP contribution in [0.3, 0.4) is 0 Å². The quantitative estimate of drug-likeness (QED) is 0.260. The number of benzene rings is 2. The molecule has 0 aliphatic heterocycles. The topological polar surface area (TPSA) is 127 Å². The number of hydrogen-bond donors (Lipinski definition) is 3. The van der Waals surface area contributed by atoms with Crippen molar-refractivity contribution in [1.82, 2.24) is 25.3 Å². The van der Waals surface area contributed by atoms with Gasteiger partial charge in [-0.3, -0.25) is 4.79 Å². The summed E-state index contributed by atoms with van der Waals surface area (Å²) in [7, 11) is 3.12. The Labute approximate surface area is 213 Å². The van der Waals surface area contributed by atoms with Crippen molar-refractivity contribution < 1.29 is 18.7 Å². The lowest BCUT2D eigenvalue weighted by Crippen LogP contribution is -2.17. The van der Waals surface area contributed by atoms with Crippen LogP contribution in [0.2, 0.25) is 0 Å². The third kappa shape index (κ3) is 4.65. The highest BCUT2D eigenvalue weighted by molar-refractivity contribution is 5.99. The number of ether oxygens (including phenoxy) is 2. The maximum absolute atomic E-state index is 12.0. The summed E-state index contributed by atoms with van der Waals surface area (Å²) in [6, 6.07) is 11.0. The molecule has 0 fully saturated rings. The predicted octanol–water partition coefficient (Wildman–Crippen LogP) is 5.36. The number of H-pyrrole nitrogens is 1. The summed E-state index contributed by atoms with van der Waals surface area (Å²) in [6.07, 6.45) is 2.64. The first-order chi connectivity index (χ1) is 17.9. The highest BCUT2D eigenvalue weighted by atomic mass is 16.5. The molecule has 0 bridgehead atoms.